The second-order valence-corrected chi connectivity index (χ2v) is 5.19. The van der Waals surface area contributed by atoms with Crippen LogP contribution in [0.1, 0.15) is 0 Å². The van der Waals surface area contributed by atoms with Gasteiger partial charge < -0.3 is 19.5 Å². The number of hydrogen-bond donors (Lipinski definition) is 1. The summed E-state index contributed by atoms with van der Waals surface area (Å²) in [6.07, 6.45) is 0. The van der Waals surface area contributed by atoms with Gasteiger partial charge in [0.1, 0.15) is 17.2 Å². The van der Waals surface area contributed by atoms with Gasteiger partial charge in [0.05, 0.1) is 24.4 Å². The highest BCUT2D eigenvalue weighted by molar-refractivity contribution is 9.10. The van der Waals surface area contributed by atoms with E-state index in [1.807, 2.05) is 18.2 Å². The maximum absolute atomic E-state index is 12.0. The zero-order chi connectivity index (χ0) is 15.9. The van der Waals surface area contributed by atoms with Gasteiger partial charge in [0.2, 0.25) is 0 Å². The van der Waals surface area contributed by atoms with Gasteiger partial charge in [-0.3, -0.25) is 4.79 Å². The number of halogens is 1. The summed E-state index contributed by atoms with van der Waals surface area (Å²) in [5.74, 6) is 1.51. The predicted molar refractivity (Wildman–Crippen MR) is 87.8 cm³/mol. The third-order valence-corrected chi connectivity index (χ3v) is 3.53. The molecule has 5 nitrogen and oxygen atoms in total. The second kappa shape index (κ2) is 7.70. The lowest BCUT2D eigenvalue weighted by Crippen LogP contribution is -2.20. The highest BCUT2D eigenvalue weighted by Gasteiger charge is 2.10. The smallest absolute Gasteiger partial charge is 0.262 e. The molecule has 0 aliphatic rings. The molecule has 0 aliphatic heterocycles. The summed E-state index contributed by atoms with van der Waals surface area (Å²) in [6, 6.07) is 12.5. The molecule has 0 heterocycles. The number of carbonyl (C=O) groups excluding carboxylic acids is 1. The van der Waals surface area contributed by atoms with Crippen molar-refractivity contribution in [3.63, 3.8) is 0 Å². The molecular formula is C16H16BrNO4. The first-order chi connectivity index (χ1) is 10.6. The lowest BCUT2D eigenvalue weighted by Gasteiger charge is -2.12. The fraction of sp³-hybridized carbons (Fsp3) is 0.188. The van der Waals surface area contributed by atoms with Crippen molar-refractivity contribution in [2.24, 2.45) is 0 Å². The van der Waals surface area contributed by atoms with E-state index in [-0.39, 0.29) is 12.5 Å². The van der Waals surface area contributed by atoms with Crippen LogP contribution in [0.3, 0.4) is 0 Å². The highest BCUT2D eigenvalue weighted by Crippen LogP contribution is 2.29. The zero-order valence-electron chi connectivity index (χ0n) is 12.3. The molecule has 0 radical (unpaired) electrons. The van der Waals surface area contributed by atoms with Crippen LogP contribution in [0.2, 0.25) is 0 Å². The fourth-order valence-corrected chi connectivity index (χ4v) is 2.19. The van der Waals surface area contributed by atoms with Gasteiger partial charge in [-0.2, -0.15) is 0 Å². The monoisotopic (exact) mass is 365 g/mol. The van der Waals surface area contributed by atoms with Crippen molar-refractivity contribution < 1.29 is 19.0 Å². The number of benzene rings is 2. The maximum atomic E-state index is 12.0. The van der Waals surface area contributed by atoms with Crippen molar-refractivity contribution in [2.75, 3.05) is 26.1 Å². The summed E-state index contributed by atoms with van der Waals surface area (Å²) in [5, 5.41) is 2.74. The van der Waals surface area contributed by atoms with Crippen LogP contribution in [-0.2, 0) is 4.79 Å². The molecule has 0 aromatic heterocycles. The molecule has 0 saturated heterocycles. The standard InChI is InChI=1S/C16H16BrNO4/c1-20-11-7-8-13(15(9-11)21-2)18-16(19)10-22-14-6-4-3-5-12(14)17/h3-9H,10H2,1-2H3,(H,18,19). The van der Waals surface area contributed by atoms with E-state index in [1.54, 1.807) is 31.4 Å². The Bertz CT molecular complexity index is 660. The number of ether oxygens (including phenoxy) is 3. The Labute approximate surface area is 137 Å². The first kappa shape index (κ1) is 16.2. The van der Waals surface area contributed by atoms with Crippen LogP contribution in [0, 0.1) is 0 Å². The SMILES string of the molecule is COc1ccc(NC(=O)COc2ccccc2Br)c(OC)c1. The quantitative estimate of drug-likeness (QED) is 0.851. The van der Waals surface area contributed by atoms with E-state index in [4.69, 9.17) is 14.2 Å². The molecule has 0 bridgehead atoms. The third kappa shape index (κ3) is 4.14. The van der Waals surface area contributed by atoms with Gasteiger partial charge >= 0.3 is 0 Å². The van der Waals surface area contributed by atoms with Crippen LogP contribution in [-0.4, -0.2) is 26.7 Å². The van der Waals surface area contributed by atoms with Gasteiger partial charge in [-0.15, -0.1) is 0 Å². The van der Waals surface area contributed by atoms with Gasteiger partial charge in [0.15, 0.2) is 6.61 Å². The van der Waals surface area contributed by atoms with E-state index in [1.165, 1.54) is 7.11 Å². The number of amides is 1. The first-order valence-electron chi connectivity index (χ1n) is 6.53. The second-order valence-electron chi connectivity index (χ2n) is 4.33. The Hall–Kier alpha value is -2.21. The van der Waals surface area contributed by atoms with E-state index in [2.05, 4.69) is 21.2 Å². The number of carbonyl (C=O) groups is 1. The van der Waals surface area contributed by atoms with Gasteiger partial charge in [-0.1, -0.05) is 12.1 Å². The van der Waals surface area contributed by atoms with Gasteiger partial charge in [0.25, 0.3) is 5.91 Å². The topological polar surface area (TPSA) is 56.8 Å². The number of anilines is 1. The zero-order valence-corrected chi connectivity index (χ0v) is 13.8. The van der Waals surface area contributed by atoms with E-state index < -0.39 is 0 Å². The largest absolute Gasteiger partial charge is 0.497 e. The molecule has 2 aromatic carbocycles. The van der Waals surface area contributed by atoms with E-state index in [9.17, 15) is 4.79 Å². The summed E-state index contributed by atoms with van der Waals surface area (Å²) in [5.41, 5.74) is 0.559. The van der Waals surface area contributed by atoms with Crippen molar-refractivity contribution in [1.82, 2.24) is 0 Å². The summed E-state index contributed by atoms with van der Waals surface area (Å²) < 4.78 is 16.6. The van der Waals surface area contributed by atoms with Crippen molar-refractivity contribution in [1.29, 1.82) is 0 Å². The number of nitrogens with one attached hydrogen (secondary N) is 1. The minimum absolute atomic E-state index is 0.0994. The maximum Gasteiger partial charge on any atom is 0.262 e. The molecule has 116 valence electrons. The summed E-state index contributed by atoms with van der Waals surface area (Å²) in [7, 11) is 3.10. The number of rotatable bonds is 6. The van der Waals surface area contributed by atoms with Gasteiger partial charge in [-0.05, 0) is 40.2 Å². The molecule has 1 amide bonds. The average molecular weight is 366 g/mol. The molecule has 2 aromatic rings. The Morgan fingerprint density at radius 2 is 1.86 bits per heavy atom. The minimum atomic E-state index is -0.279. The minimum Gasteiger partial charge on any atom is -0.497 e. The number of hydrogen-bond acceptors (Lipinski definition) is 4. The highest BCUT2D eigenvalue weighted by atomic mass is 79.9. The van der Waals surface area contributed by atoms with Crippen LogP contribution in [0.4, 0.5) is 5.69 Å². The van der Waals surface area contributed by atoms with Gasteiger partial charge in [-0.25, -0.2) is 0 Å². The Morgan fingerprint density at radius 3 is 2.55 bits per heavy atom. The normalized spacial score (nSPS) is 9.95. The van der Waals surface area contributed by atoms with Crippen molar-refractivity contribution in [2.45, 2.75) is 0 Å². The summed E-state index contributed by atoms with van der Waals surface area (Å²) in [6.45, 7) is -0.0994. The lowest BCUT2D eigenvalue weighted by atomic mass is 10.2. The number of methoxy groups -OCH3 is 2. The van der Waals surface area contributed by atoms with Crippen LogP contribution >= 0.6 is 15.9 Å². The molecular weight excluding hydrogens is 350 g/mol. The van der Waals surface area contributed by atoms with Crippen molar-refractivity contribution in [3.8, 4) is 17.2 Å². The average Bonchev–Trinajstić information content (AvgIpc) is 2.54. The molecule has 1 N–H and O–H groups in total. The van der Waals surface area contributed by atoms with Crippen LogP contribution in [0.15, 0.2) is 46.9 Å². The van der Waals surface area contributed by atoms with E-state index in [0.717, 1.165) is 4.47 Å². The molecule has 0 atom stereocenters. The third-order valence-electron chi connectivity index (χ3n) is 2.88. The molecule has 0 fully saturated rings. The number of para-hydroxylation sites is 1. The van der Waals surface area contributed by atoms with E-state index in [0.29, 0.717) is 22.9 Å². The summed E-state index contributed by atoms with van der Waals surface area (Å²) >= 11 is 3.36. The van der Waals surface area contributed by atoms with Crippen LogP contribution in [0.5, 0.6) is 17.2 Å². The van der Waals surface area contributed by atoms with Crippen molar-refractivity contribution in [3.05, 3.63) is 46.9 Å². The van der Waals surface area contributed by atoms with Crippen molar-refractivity contribution >= 4 is 27.5 Å². The molecule has 0 unspecified atom stereocenters. The molecule has 2 rings (SSSR count). The Balaban J connectivity index is 1.99. The Morgan fingerprint density at radius 1 is 1.09 bits per heavy atom. The summed E-state index contributed by atoms with van der Waals surface area (Å²) in [4.78, 5) is 12.0. The Kier molecular flexibility index (Phi) is 5.66. The fourth-order valence-electron chi connectivity index (χ4n) is 1.79. The van der Waals surface area contributed by atoms with Crippen LogP contribution < -0.4 is 19.5 Å². The molecule has 0 aliphatic carbocycles. The molecule has 22 heavy (non-hydrogen) atoms. The van der Waals surface area contributed by atoms with E-state index >= 15 is 0 Å². The van der Waals surface area contributed by atoms with Gasteiger partial charge in [0, 0.05) is 6.07 Å². The first-order valence-corrected chi connectivity index (χ1v) is 7.32. The lowest BCUT2D eigenvalue weighted by molar-refractivity contribution is -0.118. The van der Waals surface area contributed by atoms with Crippen LogP contribution in [0.25, 0.3) is 0 Å². The predicted octanol–water partition coefficient (Wildman–Crippen LogP) is 3.48. The molecule has 0 saturated carbocycles. The molecule has 0 spiro atoms. The molecule has 6 heteroatoms.